The van der Waals surface area contributed by atoms with Crippen LogP contribution in [0.25, 0.3) is 0 Å². The number of nitrogens with one attached hydrogen (secondary N) is 1. The van der Waals surface area contributed by atoms with E-state index in [9.17, 15) is 14.0 Å². The van der Waals surface area contributed by atoms with E-state index in [-0.39, 0.29) is 29.8 Å². The Labute approximate surface area is 140 Å². The normalized spacial score (nSPS) is 11.8. The van der Waals surface area contributed by atoms with Crippen LogP contribution in [0.3, 0.4) is 0 Å². The second-order valence-electron chi connectivity index (χ2n) is 5.73. The molecule has 0 aliphatic heterocycles. The van der Waals surface area contributed by atoms with Crippen LogP contribution >= 0.6 is 0 Å². The number of carboxylic acids is 1. The molecular weight excluding hydrogens is 309 g/mol. The van der Waals surface area contributed by atoms with Crippen molar-refractivity contribution in [1.82, 2.24) is 5.32 Å². The van der Waals surface area contributed by atoms with Gasteiger partial charge in [-0.2, -0.15) is 0 Å². The molecular formula is C19H20FNO3. The van der Waals surface area contributed by atoms with Crippen LogP contribution in [0, 0.1) is 5.82 Å². The molecule has 0 saturated heterocycles. The van der Waals surface area contributed by atoms with E-state index in [2.05, 4.69) is 5.32 Å². The van der Waals surface area contributed by atoms with Gasteiger partial charge < -0.3 is 10.4 Å². The molecule has 0 spiro atoms. The van der Waals surface area contributed by atoms with Crippen molar-refractivity contribution in [3.05, 3.63) is 71.0 Å². The van der Waals surface area contributed by atoms with Crippen LogP contribution in [0.5, 0.6) is 0 Å². The van der Waals surface area contributed by atoms with Gasteiger partial charge in [0, 0.05) is 12.5 Å². The summed E-state index contributed by atoms with van der Waals surface area (Å²) in [5, 5.41) is 12.0. The summed E-state index contributed by atoms with van der Waals surface area (Å²) in [6.45, 7) is 1.82. The minimum absolute atomic E-state index is 0.181. The molecule has 0 heterocycles. The fourth-order valence-electron chi connectivity index (χ4n) is 2.59. The zero-order valence-corrected chi connectivity index (χ0v) is 13.5. The van der Waals surface area contributed by atoms with E-state index in [1.807, 2.05) is 6.92 Å². The topological polar surface area (TPSA) is 66.4 Å². The maximum absolute atomic E-state index is 13.6. The van der Waals surface area contributed by atoms with Crippen molar-refractivity contribution in [2.24, 2.45) is 0 Å². The lowest BCUT2D eigenvalue weighted by molar-refractivity contribution is -0.121. The molecule has 126 valence electrons. The summed E-state index contributed by atoms with van der Waals surface area (Å²) in [6.07, 6.45) is 0.941. The van der Waals surface area contributed by atoms with Crippen LogP contribution in [-0.2, 0) is 17.6 Å². The third-order valence-corrected chi connectivity index (χ3v) is 3.76. The molecule has 1 atom stereocenters. The van der Waals surface area contributed by atoms with Gasteiger partial charge in [-0.15, -0.1) is 0 Å². The van der Waals surface area contributed by atoms with E-state index in [1.165, 1.54) is 12.1 Å². The van der Waals surface area contributed by atoms with Crippen molar-refractivity contribution in [3.8, 4) is 0 Å². The fourth-order valence-corrected chi connectivity index (χ4v) is 2.59. The Morgan fingerprint density at radius 1 is 1.08 bits per heavy atom. The predicted octanol–water partition coefficient (Wildman–Crippen LogP) is 3.20. The van der Waals surface area contributed by atoms with E-state index in [1.54, 1.807) is 36.4 Å². The third-order valence-electron chi connectivity index (χ3n) is 3.76. The monoisotopic (exact) mass is 329 g/mol. The van der Waals surface area contributed by atoms with Gasteiger partial charge in [0.1, 0.15) is 5.82 Å². The Balaban J connectivity index is 1.87. The molecule has 24 heavy (non-hydrogen) atoms. The summed E-state index contributed by atoms with van der Waals surface area (Å²) < 4.78 is 13.6. The van der Waals surface area contributed by atoms with Crippen molar-refractivity contribution in [2.45, 2.75) is 32.2 Å². The maximum atomic E-state index is 13.6. The average molecular weight is 329 g/mol. The highest BCUT2D eigenvalue weighted by molar-refractivity contribution is 5.89. The van der Waals surface area contributed by atoms with E-state index in [4.69, 9.17) is 5.11 Å². The molecule has 0 saturated carbocycles. The highest BCUT2D eigenvalue weighted by atomic mass is 19.1. The number of carbonyl (C=O) groups is 2. The zero-order valence-electron chi connectivity index (χ0n) is 13.5. The van der Waals surface area contributed by atoms with Gasteiger partial charge in [0.15, 0.2) is 0 Å². The molecule has 4 nitrogen and oxygen atoms in total. The third kappa shape index (κ3) is 4.91. The number of halogens is 1. The number of rotatable bonds is 7. The minimum Gasteiger partial charge on any atom is -0.478 e. The smallest absolute Gasteiger partial charge is 0.335 e. The lowest BCUT2D eigenvalue weighted by Crippen LogP contribution is -2.34. The molecule has 2 aromatic rings. The summed E-state index contributed by atoms with van der Waals surface area (Å²) in [7, 11) is 0. The highest BCUT2D eigenvalue weighted by Crippen LogP contribution is 2.12. The zero-order chi connectivity index (χ0) is 17.5. The van der Waals surface area contributed by atoms with Crippen LogP contribution in [0.15, 0.2) is 48.5 Å². The second kappa shape index (κ2) is 8.24. The summed E-state index contributed by atoms with van der Waals surface area (Å²) in [4.78, 5) is 23.2. The van der Waals surface area contributed by atoms with Crippen molar-refractivity contribution < 1.29 is 19.1 Å². The van der Waals surface area contributed by atoms with Crippen LogP contribution < -0.4 is 5.32 Å². The first kappa shape index (κ1) is 17.7. The van der Waals surface area contributed by atoms with Gasteiger partial charge >= 0.3 is 5.97 Å². The number of benzene rings is 2. The molecule has 0 bridgehead atoms. The van der Waals surface area contributed by atoms with Crippen LogP contribution in [0.2, 0.25) is 0 Å². The van der Waals surface area contributed by atoms with Crippen molar-refractivity contribution in [3.63, 3.8) is 0 Å². The Kier molecular flexibility index (Phi) is 6.07. The molecule has 0 aliphatic carbocycles. The van der Waals surface area contributed by atoms with E-state index >= 15 is 0 Å². The first-order valence-electron chi connectivity index (χ1n) is 7.81. The van der Waals surface area contributed by atoms with E-state index < -0.39 is 5.97 Å². The standard InChI is InChI=1S/C19H20FNO3/c1-13(12-15-7-3-5-9-17(15)20)21-18(22)11-10-14-6-2-4-8-16(14)19(23)24/h2-9,13H,10-12H2,1H3,(H,21,22)(H,23,24). The number of aromatic carboxylic acids is 1. The number of carboxylic acid groups (broad SMARTS) is 1. The van der Waals surface area contributed by atoms with Gasteiger partial charge in [0.25, 0.3) is 0 Å². The van der Waals surface area contributed by atoms with E-state index in [0.717, 1.165) is 0 Å². The minimum atomic E-state index is -1.00. The Hall–Kier alpha value is -2.69. The number of aryl methyl sites for hydroxylation is 1. The summed E-state index contributed by atoms with van der Waals surface area (Å²) in [5.74, 6) is -1.47. The maximum Gasteiger partial charge on any atom is 0.335 e. The highest BCUT2D eigenvalue weighted by Gasteiger charge is 2.13. The van der Waals surface area contributed by atoms with Gasteiger partial charge in [0.2, 0.25) is 5.91 Å². The molecule has 2 aromatic carbocycles. The molecule has 1 unspecified atom stereocenters. The molecule has 2 N–H and O–H groups in total. The summed E-state index contributed by atoms with van der Waals surface area (Å²) in [6, 6.07) is 12.9. The van der Waals surface area contributed by atoms with E-state index in [0.29, 0.717) is 24.0 Å². The second-order valence-corrected chi connectivity index (χ2v) is 5.73. The largest absolute Gasteiger partial charge is 0.478 e. The molecule has 0 aliphatic rings. The molecule has 0 aromatic heterocycles. The quantitative estimate of drug-likeness (QED) is 0.820. The number of carbonyl (C=O) groups excluding carboxylic acids is 1. The first-order valence-corrected chi connectivity index (χ1v) is 7.81. The predicted molar refractivity (Wildman–Crippen MR) is 89.4 cm³/mol. The van der Waals surface area contributed by atoms with Gasteiger partial charge in [0.05, 0.1) is 5.56 Å². The number of amides is 1. The average Bonchev–Trinajstić information content (AvgIpc) is 2.55. The summed E-state index contributed by atoms with van der Waals surface area (Å²) in [5.41, 5.74) is 1.40. The van der Waals surface area contributed by atoms with Gasteiger partial charge in [-0.3, -0.25) is 4.79 Å². The van der Waals surface area contributed by atoms with Crippen molar-refractivity contribution in [2.75, 3.05) is 0 Å². The lowest BCUT2D eigenvalue weighted by atomic mass is 10.0. The molecule has 2 rings (SSSR count). The Bertz CT molecular complexity index is 730. The van der Waals surface area contributed by atoms with Gasteiger partial charge in [-0.25, -0.2) is 9.18 Å². The fraction of sp³-hybridized carbons (Fsp3) is 0.263. The number of hydrogen-bond donors (Lipinski definition) is 2. The van der Waals surface area contributed by atoms with Gasteiger partial charge in [-0.1, -0.05) is 36.4 Å². The number of hydrogen-bond acceptors (Lipinski definition) is 2. The van der Waals surface area contributed by atoms with Crippen LogP contribution in [0.1, 0.15) is 34.8 Å². The molecule has 5 heteroatoms. The summed E-state index contributed by atoms with van der Waals surface area (Å²) >= 11 is 0. The Morgan fingerprint density at radius 3 is 2.38 bits per heavy atom. The SMILES string of the molecule is CC(Cc1ccccc1F)NC(=O)CCc1ccccc1C(=O)O. The first-order chi connectivity index (χ1) is 11.5. The van der Waals surface area contributed by atoms with Crippen LogP contribution in [-0.4, -0.2) is 23.0 Å². The van der Waals surface area contributed by atoms with Gasteiger partial charge in [-0.05, 0) is 43.0 Å². The van der Waals surface area contributed by atoms with Crippen molar-refractivity contribution >= 4 is 11.9 Å². The molecule has 0 fully saturated rings. The lowest BCUT2D eigenvalue weighted by Gasteiger charge is -2.14. The van der Waals surface area contributed by atoms with Crippen molar-refractivity contribution in [1.29, 1.82) is 0 Å². The Morgan fingerprint density at radius 2 is 1.71 bits per heavy atom. The molecule has 0 radical (unpaired) electrons. The molecule has 1 amide bonds. The van der Waals surface area contributed by atoms with Crippen LogP contribution in [0.4, 0.5) is 4.39 Å².